The van der Waals surface area contributed by atoms with Gasteiger partial charge in [-0.25, -0.2) is 4.98 Å². The van der Waals surface area contributed by atoms with Crippen LogP contribution >= 0.6 is 0 Å². The first-order valence-electron chi connectivity index (χ1n) is 7.41. The number of rotatable bonds is 5. The van der Waals surface area contributed by atoms with E-state index < -0.39 is 6.55 Å². The first kappa shape index (κ1) is 17.3. The lowest BCUT2D eigenvalue weighted by atomic mass is 10.1. The number of para-hydroxylation sites is 2. The van der Waals surface area contributed by atoms with Crippen molar-refractivity contribution in [2.45, 2.75) is 39.4 Å². The molecule has 1 aromatic carbocycles. The van der Waals surface area contributed by atoms with Crippen molar-refractivity contribution >= 4 is 16.9 Å². The number of fused-ring (bicyclic) bond motifs is 1. The lowest BCUT2D eigenvalue weighted by molar-refractivity contribution is -0.123. The van der Waals surface area contributed by atoms with Crippen LogP contribution in [0.4, 0.5) is 8.78 Å². The van der Waals surface area contributed by atoms with Crippen molar-refractivity contribution < 1.29 is 13.6 Å². The number of nitrogens with zero attached hydrogens (tertiary/aromatic N) is 3. The molecule has 0 atom stereocenters. The van der Waals surface area contributed by atoms with Gasteiger partial charge in [0.1, 0.15) is 5.82 Å². The summed E-state index contributed by atoms with van der Waals surface area (Å²) in [6.07, 6.45) is 0. The first-order valence-corrected chi connectivity index (χ1v) is 7.41. The summed E-state index contributed by atoms with van der Waals surface area (Å²) in [5.41, 5.74) is 0.592. The zero-order valence-electron chi connectivity index (χ0n) is 13.8. The number of likely N-dealkylation sites (N-methyl/N-ethyl adjacent to an activating group) is 1. The van der Waals surface area contributed by atoms with Crippen molar-refractivity contribution in [3.05, 3.63) is 30.1 Å². The molecule has 2 rings (SSSR count). The lowest BCUT2D eigenvalue weighted by Crippen LogP contribution is -2.45. The average Bonchev–Trinajstić information content (AvgIpc) is 2.73. The van der Waals surface area contributed by atoms with Crippen molar-refractivity contribution in [3.63, 3.8) is 0 Å². The van der Waals surface area contributed by atoms with Crippen LogP contribution in [-0.2, 0) is 11.3 Å². The highest BCUT2D eigenvalue weighted by molar-refractivity contribution is 5.78. The lowest BCUT2D eigenvalue weighted by Gasteiger charge is -2.23. The minimum Gasteiger partial charge on any atom is -0.350 e. The second-order valence-electron chi connectivity index (χ2n) is 6.63. The maximum absolute atomic E-state index is 13.4. The van der Waals surface area contributed by atoms with Gasteiger partial charge >= 0.3 is 6.55 Å². The molecule has 126 valence electrons. The molecule has 0 unspecified atom stereocenters. The van der Waals surface area contributed by atoms with Gasteiger partial charge in [-0.15, -0.1) is 0 Å². The Bertz CT molecular complexity index is 691. The number of benzene rings is 1. The molecule has 0 bridgehead atoms. The van der Waals surface area contributed by atoms with Crippen LogP contribution in [0.5, 0.6) is 0 Å². The predicted octanol–water partition coefficient (Wildman–Crippen LogP) is 2.78. The number of carbonyl (C=O) groups excluding carboxylic acids is 1. The topological polar surface area (TPSA) is 50.2 Å². The number of hydrogen-bond acceptors (Lipinski definition) is 3. The number of halogens is 2. The first-order chi connectivity index (χ1) is 10.7. The number of imidazole rings is 1. The van der Waals surface area contributed by atoms with Gasteiger partial charge in [-0.1, -0.05) is 12.1 Å². The quantitative estimate of drug-likeness (QED) is 0.920. The fourth-order valence-corrected chi connectivity index (χ4v) is 2.42. The van der Waals surface area contributed by atoms with Crippen molar-refractivity contribution in [2.24, 2.45) is 0 Å². The van der Waals surface area contributed by atoms with Crippen LogP contribution in [0.1, 0.15) is 33.1 Å². The molecule has 0 fully saturated rings. The normalized spacial score (nSPS) is 12.3. The molecule has 0 spiro atoms. The molecule has 1 amide bonds. The summed E-state index contributed by atoms with van der Waals surface area (Å²) >= 11 is 0. The van der Waals surface area contributed by atoms with E-state index in [0.717, 1.165) is 4.57 Å². The van der Waals surface area contributed by atoms with Crippen LogP contribution in [0, 0.1) is 0 Å². The summed E-state index contributed by atoms with van der Waals surface area (Å²) in [5, 5.41) is 2.84. The van der Waals surface area contributed by atoms with Crippen LogP contribution in [0.15, 0.2) is 24.3 Å². The zero-order valence-corrected chi connectivity index (χ0v) is 13.8. The van der Waals surface area contributed by atoms with E-state index in [2.05, 4.69) is 10.3 Å². The van der Waals surface area contributed by atoms with E-state index in [4.69, 9.17) is 0 Å². The smallest absolute Gasteiger partial charge is 0.320 e. The summed E-state index contributed by atoms with van der Waals surface area (Å²) < 4.78 is 27.6. The number of nitrogens with one attached hydrogen (secondary N) is 1. The summed E-state index contributed by atoms with van der Waals surface area (Å²) in [6, 6.07) is 6.77. The monoisotopic (exact) mass is 324 g/mol. The number of aromatic nitrogens is 2. The highest BCUT2D eigenvalue weighted by Crippen LogP contribution is 2.23. The van der Waals surface area contributed by atoms with Gasteiger partial charge < -0.3 is 5.32 Å². The van der Waals surface area contributed by atoms with Crippen LogP contribution in [0.25, 0.3) is 11.0 Å². The number of alkyl halides is 2. The predicted molar refractivity (Wildman–Crippen MR) is 85.2 cm³/mol. The summed E-state index contributed by atoms with van der Waals surface area (Å²) in [5.74, 6) is 0.0898. The van der Waals surface area contributed by atoms with Gasteiger partial charge in [-0.3, -0.25) is 14.3 Å². The summed E-state index contributed by atoms with van der Waals surface area (Å²) in [7, 11) is 1.71. The van der Waals surface area contributed by atoms with Crippen LogP contribution in [0.2, 0.25) is 0 Å². The summed E-state index contributed by atoms with van der Waals surface area (Å²) in [4.78, 5) is 17.9. The molecule has 7 heteroatoms. The van der Waals surface area contributed by atoms with E-state index in [0.29, 0.717) is 11.0 Å². The molecule has 0 aliphatic heterocycles. The van der Waals surface area contributed by atoms with Crippen molar-refractivity contribution in [2.75, 3.05) is 13.6 Å². The average molecular weight is 324 g/mol. The van der Waals surface area contributed by atoms with Crippen LogP contribution < -0.4 is 5.32 Å². The molecule has 0 radical (unpaired) electrons. The van der Waals surface area contributed by atoms with Gasteiger partial charge in [0.15, 0.2) is 0 Å². The van der Waals surface area contributed by atoms with Crippen molar-refractivity contribution in [3.8, 4) is 0 Å². The van der Waals surface area contributed by atoms with Crippen molar-refractivity contribution in [1.82, 2.24) is 19.8 Å². The third kappa shape index (κ3) is 4.48. The Labute approximate surface area is 134 Å². The Morgan fingerprint density at radius 3 is 2.61 bits per heavy atom. The Kier molecular flexibility index (Phi) is 4.99. The molecule has 1 N–H and O–H groups in total. The minimum atomic E-state index is -2.67. The van der Waals surface area contributed by atoms with Gasteiger partial charge in [0.05, 0.1) is 24.1 Å². The molecular weight excluding hydrogens is 302 g/mol. The highest BCUT2D eigenvalue weighted by Gasteiger charge is 2.20. The molecule has 1 aromatic heterocycles. The SMILES string of the molecule is CN(CC(=O)NC(C)(C)C)Cc1nc2ccccc2n1C(F)F. The highest BCUT2D eigenvalue weighted by atomic mass is 19.3. The van der Waals surface area contributed by atoms with Crippen LogP contribution in [-0.4, -0.2) is 39.5 Å². The van der Waals surface area contributed by atoms with Gasteiger partial charge in [0, 0.05) is 5.54 Å². The Balaban J connectivity index is 2.15. The van der Waals surface area contributed by atoms with E-state index in [-0.39, 0.29) is 30.4 Å². The largest absolute Gasteiger partial charge is 0.350 e. The number of amides is 1. The molecule has 0 aliphatic rings. The standard InChI is InChI=1S/C16H22F2N4O/c1-16(2,3)20-14(23)10-21(4)9-13-19-11-7-5-6-8-12(11)22(13)15(17)18/h5-8,15H,9-10H2,1-4H3,(H,20,23). The Morgan fingerprint density at radius 1 is 1.35 bits per heavy atom. The third-order valence-corrected chi connectivity index (χ3v) is 3.20. The molecule has 23 heavy (non-hydrogen) atoms. The minimum absolute atomic E-state index is 0.115. The fraction of sp³-hybridized carbons (Fsp3) is 0.500. The molecule has 0 aliphatic carbocycles. The fourth-order valence-electron chi connectivity index (χ4n) is 2.42. The maximum Gasteiger partial charge on any atom is 0.320 e. The Morgan fingerprint density at radius 2 is 2.00 bits per heavy atom. The number of carbonyl (C=O) groups is 1. The third-order valence-electron chi connectivity index (χ3n) is 3.20. The summed E-state index contributed by atoms with van der Waals surface area (Å²) in [6.45, 7) is 3.28. The van der Waals surface area contributed by atoms with E-state index >= 15 is 0 Å². The molecule has 5 nitrogen and oxygen atoms in total. The maximum atomic E-state index is 13.4. The van der Waals surface area contributed by atoms with Gasteiger partial charge in [0.25, 0.3) is 0 Å². The molecule has 0 saturated heterocycles. The van der Waals surface area contributed by atoms with Gasteiger partial charge in [-0.2, -0.15) is 8.78 Å². The van der Waals surface area contributed by atoms with E-state index in [1.165, 1.54) is 0 Å². The second-order valence-corrected chi connectivity index (χ2v) is 6.63. The zero-order chi connectivity index (χ0) is 17.2. The molecule has 2 aromatic rings. The molecule has 1 heterocycles. The van der Waals surface area contributed by atoms with Crippen LogP contribution in [0.3, 0.4) is 0 Å². The van der Waals surface area contributed by atoms with Crippen molar-refractivity contribution in [1.29, 1.82) is 0 Å². The molecule has 0 saturated carbocycles. The Hall–Kier alpha value is -2.02. The van der Waals surface area contributed by atoms with E-state index in [1.807, 2.05) is 20.8 Å². The van der Waals surface area contributed by atoms with Gasteiger partial charge in [-0.05, 0) is 40.0 Å². The van der Waals surface area contributed by atoms with Gasteiger partial charge in [0.2, 0.25) is 5.91 Å². The van der Waals surface area contributed by atoms with E-state index in [9.17, 15) is 13.6 Å². The molecular formula is C16H22F2N4O. The second kappa shape index (κ2) is 6.62. The van der Waals surface area contributed by atoms with E-state index in [1.54, 1.807) is 36.2 Å². The number of hydrogen-bond donors (Lipinski definition) is 1.